The fraction of sp³-hybridized carbons (Fsp3) is 0.333. The minimum Gasteiger partial charge on any atom is -0.403 e. The number of nitriles is 1. The monoisotopic (exact) mass is 396 g/mol. The molecule has 0 aliphatic rings. The molecule has 1 aromatic rings. The van der Waals surface area contributed by atoms with Crippen LogP contribution in [0.3, 0.4) is 0 Å². The fourth-order valence-electron chi connectivity index (χ4n) is 1.17. The van der Waals surface area contributed by atoms with Crippen LogP contribution < -0.4 is 4.74 Å². The van der Waals surface area contributed by atoms with Crippen molar-refractivity contribution in [3.05, 3.63) is 21.0 Å². The second-order valence-electron chi connectivity index (χ2n) is 3.17. The van der Waals surface area contributed by atoms with Crippen molar-refractivity contribution in [1.82, 2.24) is 4.98 Å². The van der Waals surface area contributed by atoms with Crippen LogP contribution >= 0.6 is 22.6 Å². The van der Waals surface area contributed by atoms with Gasteiger partial charge in [0.15, 0.2) is 5.75 Å². The summed E-state index contributed by atoms with van der Waals surface area (Å²) >= 11 is 1.19. The third-order valence-corrected chi connectivity index (χ3v) is 2.56. The second-order valence-corrected chi connectivity index (χ2v) is 4.19. The van der Waals surface area contributed by atoms with E-state index in [1.165, 1.54) is 28.7 Å². The Labute approximate surface area is 116 Å². The molecule has 0 unspecified atom stereocenters. The van der Waals surface area contributed by atoms with E-state index in [9.17, 15) is 26.3 Å². The van der Waals surface area contributed by atoms with Crippen molar-refractivity contribution in [2.24, 2.45) is 0 Å². The normalized spacial score (nSPS) is 12.1. The summed E-state index contributed by atoms with van der Waals surface area (Å²) in [4.78, 5) is 3.03. The van der Waals surface area contributed by atoms with Crippen LogP contribution in [0.5, 0.6) is 5.75 Å². The van der Waals surface area contributed by atoms with E-state index < -0.39 is 39.7 Å². The van der Waals surface area contributed by atoms with Crippen molar-refractivity contribution in [3.8, 4) is 11.8 Å². The molecule has 1 heterocycles. The van der Waals surface area contributed by atoms with Crippen LogP contribution in [0.1, 0.15) is 11.3 Å². The summed E-state index contributed by atoms with van der Waals surface area (Å²) in [5.41, 5.74) is -2.07. The number of ether oxygens (including phenoxy) is 1. The van der Waals surface area contributed by atoms with E-state index in [0.29, 0.717) is 6.07 Å². The summed E-state index contributed by atoms with van der Waals surface area (Å²) in [5, 5.41) is 8.39. The molecule has 0 bridgehead atoms. The van der Waals surface area contributed by atoms with Gasteiger partial charge < -0.3 is 4.74 Å². The smallest absolute Gasteiger partial charge is 0.403 e. The molecule has 104 valence electrons. The van der Waals surface area contributed by atoms with Crippen LogP contribution in [0, 0.1) is 15.0 Å². The molecule has 0 atom stereocenters. The average Bonchev–Trinajstić information content (AvgIpc) is 2.19. The Morgan fingerprint density at radius 2 is 1.84 bits per heavy atom. The van der Waals surface area contributed by atoms with Crippen molar-refractivity contribution in [3.63, 3.8) is 0 Å². The second kappa shape index (κ2) is 5.40. The van der Waals surface area contributed by atoms with Gasteiger partial charge in [0, 0.05) is 5.56 Å². The van der Waals surface area contributed by atoms with Gasteiger partial charge in [0.2, 0.25) is 0 Å². The summed E-state index contributed by atoms with van der Waals surface area (Å²) in [7, 11) is 0. The molecule has 0 aliphatic heterocycles. The number of alkyl halides is 6. The van der Waals surface area contributed by atoms with Crippen molar-refractivity contribution in [2.75, 3.05) is 0 Å². The topological polar surface area (TPSA) is 45.9 Å². The molecule has 19 heavy (non-hydrogen) atoms. The molecule has 1 aromatic heterocycles. The zero-order chi connectivity index (χ0) is 14.8. The van der Waals surface area contributed by atoms with E-state index in [0.717, 1.165) is 0 Å². The molecule has 0 aromatic carbocycles. The van der Waals surface area contributed by atoms with Crippen LogP contribution in [-0.4, -0.2) is 11.3 Å². The number of aromatic nitrogens is 1. The first-order chi connectivity index (χ1) is 8.54. The maximum Gasteiger partial charge on any atom is 0.573 e. The fourth-order valence-corrected chi connectivity index (χ4v) is 1.68. The number of nitrogens with zero attached hydrogens (tertiary/aromatic N) is 2. The van der Waals surface area contributed by atoms with E-state index in [4.69, 9.17) is 5.26 Å². The standard InChI is InChI=1S/C9H3F6IN2O/c10-8(11,12)6-4(1-2-17)3-5(7(16)18-6)19-9(13,14)15/h3H,1H2. The van der Waals surface area contributed by atoms with Crippen molar-refractivity contribution in [1.29, 1.82) is 5.26 Å². The van der Waals surface area contributed by atoms with Gasteiger partial charge in [0.05, 0.1) is 12.5 Å². The van der Waals surface area contributed by atoms with Crippen molar-refractivity contribution in [2.45, 2.75) is 19.0 Å². The Hall–Kier alpha value is -1.25. The molecule has 0 amide bonds. The van der Waals surface area contributed by atoms with Crippen LogP contribution in [-0.2, 0) is 12.6 Å². The highest BCUT2D eigenvalue weighted by Crippen LogP contribution is 2.35. The highest BCUT2D eigenvalue weighted by molar-refractivity contribution is 14.1. The number of rotatable bonds is 2. The number of hydrogen-bond acceptors (Lipinski definition) is 3. The number of hydrogen-bond donors (Lipinski definition) is 0. The van der Waals surface area contributed by atoms with Crippen molar-refractivity contribution < 1.29 is 31.1 Å². The van der Waals surface area contributed by atoms with E-state index in [2.05, 4.69) is 9.72 Å². The molecule has 0 saturated carbocycles. The molecule has 0 spiro atoms. The van der Waals surface area contributed by atoms with Crippen LogP contribution in [0.4, 0.5) is 26.3 Å². The third kappa shape index (κ3) is 4.41. The van der Waals surface area contributed by atoms with Gasteiger partial charge in [0.25, 0.3) is 0 Å². The van der Waals surface area contributed by atoms with Gasteiger partial charge in [-0.05, 0) is 28.7 Å². The van der Waals surface area contributed by atoms with Gasteiger partial charge in [-0.3, -0.25) is 0 Å². The number of halogens is 7. The lowest BCUT2D eigenvalue weighted by atomic mass is 10.1. The third-order valence-electron chi connectivity index (χ3n) is 1.79. The molecular formula is C9H3F6IN2O. The summed E-state index contributed by atoms with van der Waals surface area (Å²) in [6.45, 7) is 0. The van der Waals surface area contributed by atoms with E-state index >= 15 is 0 Å². The lowest BCUT2D eigenvalue weighted by Crippen LogP contribution is -2.20. The van der Waals surface area contributed by atoms with Gasteiger partial charge in [0.1, 0.15) is 9.39 Å². The average molecular weight is 396 g/mol. The Balaban J connectivity index is 3.33. The first-order valence-corrected chi connectivity index (χ1v) is 5.52. The largest absolute Gasteiger partial charge is 0.573 e. The van der Waals surface area contributed by atoms with Crippen molar-refractivity contribution >= 4 is 22.6 Å². The first-order valence-electron chi connectivity index (χ1n) is 4.44. The molecule has 0 saturated heterocycles. The summed E-state index contributed by atoms with van der Waals surface area (Å²) in [5.74, 6) is -0.869. The lowest BCUT2D eigenvalue weighted by Gasteiger charge is -2.15. The Morgan fingerprint density at radius 1 is 1.26 bits per heavy atom. The molecular weight excluding hydrogens is 393 g/mol. The zero-order valence-corrected chi connectivity index (χ0v) is 10.9. The molecule has 0 fully saturated rings. The van der Waals surface area contributed by atoms with Gasteiger partial charge in [-0.2, -0.15) is 18.4 Å². The van der Waals surface area contributed by atoms with Gasteiger partial charge in [-0.1, -0.05) is 0 Å². The van der Waals surface area contributed by atoms with Gasteiger partial charge in [-0.15, -0.1) is 13.2 Å². The van der Waals surface area contributed by atoms with Crippen LogP contribution in [0.15, 0.2) is 6.07 Å². The Kier molecular flexibility index (Phi) is 4.49. The molecule has 1 rings (SSSR count). The summed E-state index contributed by atoms with van der Waals surface area (Å²) < 4.78 is 76.8. The van der Waals surface area contributed by atoms with Gasteiger partial charge >= 0.3 is 12.5 Å². The lowest BCUT2D eigenvalue weighted by molar-refractivity contribution is -0.275. The predicted molar refractivity (Wildman–Crippen MR) is 58.0 cm³/mol. The maximum atomic E-state index is 12.6. The van der Waals surface area contributed by atoms with E-state index in [1.54, 1.807) is 0 Å². The van der Waals surface area contributed by atoms with Crippen LogP contribution in [0.2, 0.25) is 0 Å². The quantitative estimate of drug-likeness (QED) is 0.436. The first kappa shape index (κ1) is 15.8. The molecule has 3 nitrogen and oxygen atoms in total. The summed E-state index contributed by atoms with van der Waals surface area (Å²) in [6.07, 6.45) is -10.6. The molecule has 0 N–H and O–H groups in total. The molecule has 0 aliphatic carbocycles. The van der Waals surface area contributed by atoms with Gasteiger partial charge in [-0.25, -0.2) is 4.98 Å². The summed E-state index contributed by atoms with van der Waals surface area (Å²) in [6, 6.07) is 1.95. The minimum atomic E-state index is -5.05. The number of pyridine rings is 1. The Morgan fingerprint density at radius 3 is 2.26 bits per heavy atom. The SMILES string of the molecule is N#CCc1cc(OC(F)(F)F)c(I)nc1C(F)(F)F. The molecule has 0 radical (unpaired) electrons. The zero-order valence-electron chi connectivity index (χ0n) is 8.73. The minimum absolute atomic E-state index is 0.522. The Bertz CT molecular complexity index is 519. The highest BCUT2D eigenvalue weighted by atomic mass is 127. The maximum absolute atomic E-state index is 12.6. The highest BCUT2D eigenvalue weighted by Gasteiger charge is 2.38. The predicted octanol–water partition coefficient (Wildman–Crippen LogP) is 3.67. The van der Waals surface area contributed by atoms with E-state index in [-0.39, 0.29) is 0 Å². The van der Waals surface area contributed by atoms with E-state index in [1.807, 2.05) is 0 Å². The van der Waals surface area contributed by atoms with Crippen LogP contribution in [0.25, 0.3) is 0 Å². The molecule has 10 heteroatoms.